The first-order chi connectivity index (χ1) is 14.7. The molecule has 2 aromatic carbocycles. The molecule has 0 fully saturated rings. The second-order valence-corrected chi connectivity index (χ2v) is 5.17. The van der Waals surface area contributed by atoms with Crippen LogP contribution in [0.15, 0.2) is 24.3 Å². The fourth-order valence-corrected chi connectivity index (χ4v) is 1.92. The molecule has 0 aliphatic rings. The van der Waals surface area contributed by atoms with Crippen molar-refractivity contribution in [2.75, 3.05) is 0 Å². The number of nitro groups is 6. The summed E-state index contributed by atoms with van der Waals surface area (Å²) in [5, 5.41) is 84.2. The zero-order valence-corrected chi connectivity index (χ0v) is 20.8. The van der Waals surface area contributed by atoms with E-state index in [1.165, 1.54) is 0 Å². The van der Waals surface area contributed by atoms with Crippen molar-refractivity contribution in [2.24, 2.45) is 0 Å². The van der Waals surface area contributed by atoms with Crippen LogP contribution in [0.2, 0.25) is 0 Å². The topological polar surface area (TPSA) is 557 Å². The van der Waals surface area contributed by atoms with Crippen LogP contribution in [0.5, 0.6) is 11.5 Å². The number of rotatable bonds is 6. The summed E-state index contributed by atoms with van der Waals surface area (Å²) in [5.74, 6) is -2.92. The Bertz CT molecular complexity index is 1030. The minimum atomic E-state index is -1.46. The molecule has 2 rings (SSSR count). The van der Waals surface area contributed by atoms with Gasteiger partial charge in [-0.1, -0.05) is 0 Å². The molecule has 0 radical (unpaired) electrons. The molecule has 41 heavy (non-hydrogen) atoms. The standard InChI is InChI=1S/2C6H3N3O7.Mg.8H2O/c2*10-6-4(8(13)14)1-3(7(11)12)2-5(6)9(15)16;;;;;;;;;/h2*1-2,10H;;8*1H2/q;;+2;;;;;;;;/p-2. The Morgan fingerprint density at radius 2 is 0.512 bits per heavy atom. The Labute approximate surface area is 237 Å². The molecule has 0 atom stereocenters. The van der Waals surface area contributed by atoms with Crippen molar-refractivity contribution in [3.8, 4) is 11.5 Å². The van der Waals surface area contributed by atoms with E-state index < -0.39 is 75.2 Å². The van der Waals surface area contributed by atoms with E-state index in [-0.39, 0.29) is 66.9 Å². The number of benzene rings is 2. The van der Waals surface area contributed by atoms with Crippen molar-refractivity contribution < 1.29 is 83.6 Å². The van der Waals surface area contributed by atoms with Crippen LogP contribution in [0, 0.1) is 60.7 Å². The molecule has 29 heteroatoms. The van der Waals surface area contributed by atoms with Gasteiger partial charge in [0.2, 0.25) is 0 Å². The van der Waals surface area contributed by atoms with E-state index in [1.807, 2.05) is 0 Å². The molecule has 0 aromatic heterocycles. The molecule has 0 saturated heterocycles. The minimum absolute atomic E-state index is 0. The smallest absolute Gasteiger partial charge is 0.863 e. The van der Waals surface area contributed by atoms with Gasteiger partial charge in [-0.05, 0) is 0 Å². The number of hydrogen-bond acceptors (Lipinski definition) is 14. The summed E-state index contributed by atoms with van der Waals surface area (Å²) in [6.07, 6.45) is 0. The second kappa shape index (κ2) is 24.0. The van der Waals surface area contributed by atoms with Gasteiger partial charge in [0.05, 0.1) is 65.3 Å². The maximum atomic E-state index is 11.1. The maximum absolute atomic E-state index is 11.1. The van der Waals surface area contributed by atoms with E-state index in [4.69, 9.17) is 0 Å². The van der Waals surface area contributed by atoms with Gasteiger partial charge in [0.1, 0.15) is 0 Å². The Balaban J connectivity index is -0.0000000585. The van der Waals surface area contributed by atoms with Crippen LogP contribution in [0.25, 0.3) is 0 Å². The van der Waals surface area contributed by atoms with E-state index in [1.54, 1.807) is 0 Å². The molecular weight excluding hydrogens is 604 g/mol. The quantitative estimate of drug-likeness (QED) is 0.164. The predicted molar refractivity (Wildman–Crippen MR) is 126 cm³/mol. The second-order valence-electron chi connectivity index (χ2n) is 5.17. The zero-order chi connectivity index (χ0) is 24.9. The van der Waals surface area contributed by atoms with Gasteiger partial charge in [0.25, 0.3) is 34.1 Å². The minimum Gasteiger partial charge on any atom is -0.863 e. The molecule has 2 aromatic rings. The normalized spacial score (nSPS) is 7.61. The maximum Gasteiger partial charge on any atom is 2.00 e. The summed E-state index contributed by atoms with van der Waals surface area (Å²) >= 11 is 0. The van der Waals surface area contributed by atoms with Crippen molar-refractivity contribution in [3.05, 3.63) is 85.0 Å². The molecular formula is C12H20MgN6O22. The molecule has 0 aliphatic heterocycles. The Hall–Kier alpha value is -5.11. The number of nitrogens with zero attached hydrogens (tertiary/aromatic N) is 6. The molecule has 28 nitrogen and oxygen atoms in total. The Morgan fingerprint density at radius 3 is 0.610 bits per heavy atom. The van der Waals surface area contributed by atoms with Gasteiger partial charge < -0.3 is 54.0 Å². The molecule has 0 saturated carbocycles. The van der Waals surface area contributed by atoms with Crippen molar-refractivity contribution in [2.45, 2.75) is 0 Å². The van der Waals surface area contributed by atoms with E-state index in [2.05, 4.69) is 0 Å². The van der Waals surface area contributed by atoms with Gasteiger partial charge in [-0.25, -0.2) is 0 Å². The van der Waals surface area contributed by atoms with Crippen LogP contribution in [0.1, 0.15) is 0 Å². The third kappa shape index (κ3) is 14.6. The van der Waals surface area contributed by atoms with Crippen LogP contribution in [0.4, 0.5) is 34.1 Å². The molecule has 0 heterocycles. The molecule has 0 aliphatic carbocycles. The third-order valence-electron chi connectivity index (χ3n) is 3.28. The van der Waals surface area contributed by atoms with Crippen LogP contribution in [-0.4, -0.2) is 96.4 Å². The first-order valence-corrected chi connectivity index (χ1v) is 7.25. The van der Waals surface area contributed by atoms with Crippen LogP contribution >= 0.6 is 0 Å². The van der Waals surface area contributed by atoms with Gasteiger partial charge in [0.15, 0.2) is 0 Å². The van der Waals surface area contributed by atoms with E-state index in [0.717, 1.165) is 0 Å². The Kier molecular flexibility index (Phi) is 35.3. The average Bonchev–Trinajstić information content (AvgIpc) is 2.67. The largest absolute Gasteiger partial charge is 2.00 e. The van der Waals surface area contributed by atoms with Crippen LogP contribution < -0.4 is 10.2 Å². The van der Waals surface area contributed by atoms with E-state index in [0.29, 0.717) is 24.3 Å². The fourth-order valence-electron chi connectivity index (χ4n) is 1.92. The molecule has 0 unspecified atom stereocenters. The molecule has 0 bridgehead atoms. The SMILES string of the molecule is O.O.O.O.O.O.O.O.O=[N+]([O-])c1cc([N+](=O)[O-])c([O-])c([N+](=O)[O-])c1.O=[N+]([O-])c1cc([N+](=O)[O-])c([O-])c([N+](=O)[O-])c1.[Mg+2]. The fraction of sp³-hybridized carbons (Fsp3) is 0. The molecule has 0 spiro atoms. The average molecular weight is 625 g/mol. The first-order valence-electron chi connectivity index (χ1n) is 7.25. The van der Waals surface area contributed by atoms with Gasteiger partial charge in [-0.3, -0.25) is 60.7 Å². The van der Waals surface area contributed by atoms with Crippen molar-refractivity contribution in [1.82, 2.24) is 0 Å². The monoisotopic (exact) mass is 624 g/mol. The number of hydrogen-bond donors (Lipinski definition) is 0. The number of nitro benzene ring substituents is 6. The Morgan fingerprint density at radius 1 is 0.366 bits per heavy atom. The summed E-state index contributed by atoms with van der Waals surface area (Å²) in [4.78, 5) is 55.0. The molecule has 0 amide bonds. The number of non-ortho nitro benzene ring substituents is 2. The van der Waals surface area contributed by atoms with Crippen molar-refractivity contribution in [3.63, 3.8) is 0 Å². The summed E-state index contributed by atoms with van der Waals surface area (Å²) in [6.45, 7) is 0. The van der Waals surface area contributed by atoms with Gasteiger partial charge >= 0.3 is 23.1 Å². The summed E-state index contributed by atoms with van der Waals surface area (Å²) in [5.41, 5.74) is -6.53. The third-order valence-corrected chi connectivity index (χ3v) is 3.28. The van der Waals surface area contributed by atoms with Gasteiger partial charge in [-0.2, -0.15) is 0 Å². The predicted octanol–water partition coefficient (Wildman–Crippen LogP) is -6.01. The van der Waals surface area contributed by atoms with E-state index in [9.17, 15) is 70.9 Å². The van der Waals surface area contributed by atoms with Crippen LogP contribution in [0.3, 0.4) is 0 Å². The first kappa shape index (κ1) is 60.4. The molecule has 16 N–H and O–H groups in total. The van der Waals surface area contributed by atoms with Crippen LogP contribution in [-0.2, 0) is 0 Å². The van der Waals surface area contributed by atoms with Crippen molar-refractivity contribution >= 4 is 57.2 Å². The molecule has 232 valence electrons. The van der Waals surface area contributed by atoms with E-state index >= 15 is 0 Å². The zero-order valence-electron chi connectivity index (χ0n) is 19.4. The summed E-state index contributed by atoms with van der Waals surface area (Å²) in [6, 6.07) is 1.54. The van der Waals surface area contributed by atoms with Gasteiger partial charge in [-0.15, -0.1) is 0 Å². The van der Waals surface area contributed by atoms with Crippen molar-refractivity contribution in [1.29, 1.82) is 0 Å². The summed E-state index contributed by atoms with van der Waals surface area (Å²) < 4.78 is 0. The summed E-state index contributed by atoms with van der Waals surface area (Å²) in [7, 11) is 0. The van der Waals surface area contributed by atoms with Gasteiger partial charge in [0, 0.05) is 0 Å².